The van der Waals surface area contributed by atoms with Crippen LogP contribution in [0.4, 0.5) is 5.69 Å². The van der Waals surface area contributed by atoms with Gasteiger partial charge in [-0.05, 0) is 30.3 Å². The second-order valence-corrected chi connectivity index (χ2v) is 4.71. The van der Waals surface area contributed by atoms with E-state index in [1.54, 1.807) is 42.5 Å². The van der Waals surface area contributed by atoms with Crippen molar-refractivity contribution in [2.75, 3.05) is 5.32 Å². The van der Waals surface area contributed by atoms with Crippen LogP contribution in [0.25, 0.3) is 5.69 Å². The molecule has 0 aliphatic heterocycles. The Morgan fingerprint density at radius 1 is 1.18 bits per heavy atom. The van der Waals surface area contributed by atoms with Gasteiger partial charge in [-0.3, -0.25) is 9.59 Å². The fraction of sp³-hybridized carbons (Fsp3) is 0.0667. The maximum absolute atomic E-state index is 12.1. The van der Waals surface area contributed by atoms with E-state index in [-0.39, 0.29) is 11.5 Å². The maximum atomic E-state index is 12.1. The first-order valence-electron chi connectivity index (χ1n) is 6.56. The van der Waals surface area contributed by atoms with Gasteiger partial charge < -0.3 is 9.88 Å². The molecule has 0 spiro atoms. The molecular formula is C15H13N5O2. The molecule has 110 valence electrons. The number of nitrogens with one attached hydrogen (secondary N) is 1. The SMILES string of the molecule is Cn1ccc(C(=O)Nc2ccc(-n3cncn3)cc2)cc1=O. The van der Waals surface area contributed by atoms with E-state index in [1.807, 2.05) is 12.1 Å². The number of amides is 1. The molecule has 0 fully saturated rings. The second kappa shape index (κ2) is 5.65. The average molecular weight is 295 g/mol. The van der Waals surface area contributed by atoms with Crippen molar-refractivity contribution in [3.05, 3.63) is 71.2 Å². The molecule has 3 rings (SSSR count). The number of rotatable bonds is 3. The molecule has 1 aromatic carbocycles. The summed E-state index contributed by atoms with van der Waals surface area (Å²) in [4.78, 5) is 27.5. The maximum Gasteiger partial charge on any atom is 0.255 e. The molecule has 0 aliphatic carbocycles. The Balaban J connectivity index is 1.76. The molecule has 1 N–H and O–H groups in total. The van der Waals surface area contributed by atoms with E-state index in [9.17, 15) is 9.59 Å². The summed E-state index contributed by atoms with van der Waals surface area (Å²) in [6.07, 6.45) is 4.60. The number of hydrogen-bond donors (Lipinski definition) is 1. The zero-order valence-electron chi connectivity index (χ0n) is 11.8. The predicted molar refractivity (Wildman–Crippen MR) is 81.0 cm³/mol. The molecule has 22 heavy (non-hydrogen) atoms. The predicted octanol–water partition coefficient (Wildman–Crippen LogP) is 1.22. The Bertz CT molecular complexity index is 850. The summed E-state index contributed by atoms with van der Waals surface area (Å²) in [6.45, 7) is 0. The van der Waals surface area contributed by atoms with Gasteiger partial charge in [-0.15, -0.1) is 0 Å². The molecule has 7 heteroatoms. The largest absolute Gasteiger partial charge is 0.322 e. The minimum atomic E-state index is -0.328. The number of nitrogens with zero attached hydrogens (tertiary/aromatic N) is 4. The summed E-state index contributed by atoms with van der Waals surface area (Å²) in [5, 5.41) is 6.77. The molecule has 0 saturated heterocycles. The van der Waals surface area contributed by atoms with Gasteiger partial charge in [0, 0.05) is 30.6 Å². The van der Waals surface area contributed by atoms with Crippen molar-refractivity contribution in [1.29, 1.82) is 0 Å². The van der Waals surface area contributed by atoms with Gasteiger partial charge in [0.05, 0.1) is 5.69 Å². The number of carbonyl (C=O) groups excluding carboxylic acids is 1. The summed E-state index contributed by atoms with van der Waals surface area (Å²) in [5.41, 5.74) is 1.57. The van der Waals surface area contributed by atoms with Gasteiger partial charge in [-0.25, -0.2) is 9.67 Å². The van der Waals surface area contributed by atoms with E-state index >= 15 is 0 Å². The lowest BCUT2D eigenvalue weighted by molar-refractivity contribution is 0.102. The van der Waals surface area contributed by atoms with Gasteiger partial charge in [0.2, 0.25) is 0 Å². The highest BCUT2D eigenvalue weighted by Crippen LogP contribution is 2.13. The van der Waals surface area contributed by atoms with Crippen LogP contribution in [0.15, 0.2) is 60.0 Å². The Hall–Kier alpha value is -3.22. The van der Waals surface area contributed by atoms with Crippen molar-refractivity contribution in [2.45, 2.75) is 0 Å². The van der Waals surface area contributed by atoms with Crippen molar-refractivity contribution in [2.24, 2.45) is 7.05 Å². The van der Waals surface area contributed by atoms with E-state index < -0.39 is 0 Å². The lowest BCUT2D eigenvalue weighted by atomic mass is 10.2. The number of aromatic nitrogens is 4. The molecule has 0 aliphatic rings. The molecule has 0 saturated carbocycles. The topological polar surface area (TPSA) is 81.8 Å². The first-order chi connectivity index (χ1) is 10.6. The van der Waals surface area contributed by atoms with Crippen molar-refractivity contribution in [3.63, 3.8) is 0 Å². The third-order valence-electron chi connectivity index (χ3n) is 3.17. The van der Waals surface area contributed by atoms with Crippen LogP contribution in [-0.4, -0.2) is 25.2 Å². The third kappa shape index (κ3) is 2.78. The number of aryl methyl sites for hydroxylation is 1. The highest BCUT2D eigenvalue weighted by molar-refractivity contribution is 6.04. The van der Waals surface area contributed by atoms with Crippen LogP contribution in [0.5, 0.6) is 0 Å². The molecule has 2 aromatic heterocycles. The van der Waals surface area contributed by atoms with Crippen LogP contribution in [0.1, 0.15) is 10.4 Å². The number of carbonyl (C=O) groups is 1. The average Bonchev–Trinajstić information content (AvgIpc) is 3.05. The van der Waals surface area contributed by atoms with E-state index in [4.69, 9.17) is 0 Å². The van der Waals surface area contributed by atoms with Crippen LogP contribution in [0, 0.1) is 0 Å². The smallest absolute Gasteiger partial charge is 0.255 e. The van der Waals surface area contributed by atoms with Gasteiger partial charge in [0.1, 0.15) is 12.7 Å². The Kier molecular flexibility index (Phi) is 3.53. The molecule has 0 atom stereocenters. The van der Waals surface area contributed by atoms with Gasteiger partial charge in [0.25, 0.3) is 11.5 Å². The molecule has 2 heterocycles. The summed E-state index contributed by atoms with van der Waals surface area (Å²) >= 11 is 0. The summed E-state index contributed by atoms with van der Waals surface area (Å²) in [5.74, 6) is -0.328. The standard InChI is InChI=1S/C15H13N5O2/c1-19-7-6-11(8-14(19)21)15(22)18-12-2-4-13(5-3-12)20-10-16-9-17-20/h2-10H,1H3,(H,18,22). The van der Waals surface area contributed by atoms with Crippen molar-refractivity contribution in [1.82, 2.24) is 19.3 Å². The fourth-order valence-electron chi connectivity index (χ4n) is 1.93. The van der Waals surface area contributed by atoms with E-state index in [1.165, 1.54) is 17.0 Å². The molecule has 0 unspecified atom stereocenters. The Labute approximate surface area is 125 Å². The number of benzene rings is 1. The molecule has 0 bridgehead atoms. The Morgan fingerprint density at radius 2 is 1.95 bits per heavy atom. The number of pyridine rings is 1. The first kappa shape index (κ1) is 13.7. The van der Waals surface area contributed by atoms with Crippen LogP contribution < -0.4 is 10.9 Å². The van der Waals surface area contributed by atoms with Gasteiger partial charge >= 0.3 is 0 Å². The zero-order chi connectivity index (χ0) is 15.5. The van der Waals surface area contributed by atoms with E-state index in [0.717, 1.165) is 5.69 Å². The van der Waals surface area contributed by atoms with E-state index in [2.05, 4.69) is 15.4 Å². The number of anilines is 1. The molecule has 3 aromatic rings. The zero-order valence-corrected chi connectivity index (χ0v) is 11.8. The Morgan fingerprint density at radius 3 is 2.59 bits per heavy atom. The number of hydrogen-bond acceptors (Lipinski definition) is 4. The lowest BCUT2D eigenvalue weighted by Crippen LogP contribution is -2.19. The summed E-state index contributed by atoms with van der Waals surface area (Å²) in [6, 6.07) is 10.0. The van der Waals surface area contributed by atoms with Gasteiger partial charge in [-0.1, -0.05) is 0 Å². The van der Waals surface area contributed by atoms with Crippen LogP contribution in [0.3, 0.4) is 0 Å². The summed E-state index contributed by atoms with van der Waals surface area (Å²) < 4.78 is 3.02. The molecule has 7 nitrogen and oxygen atoms in total. The quantitative estimate of drug-likeness (QED) is 0.787. The van der Waals surface area contributed by atoms with Gasteiger partial charge in [-0.2, -0.15) is 5.10 Å². The molecule has 1 amide bonds. The normalized spacial score (nSPS) is 10.4. The fourth-order valence-corrected chi connectivity index (χ4v) is 1.93. The molecular weight excluding hydrogens is 282 g/mol. The highest BCUT2D eigenvalue weighted by Gasteiger charge is 2.07. The van der Waals surface area contributed by atoms with Crippen LogP contribution in [0.2, 0.25) is 0 Å². The lowest BCUT2D eigenvalue weighted by Gasteiger charge is -2.07. The van der Waals surface area contributed by atoms with Crippen molar-refractivity contribution in [3.8, 4) is 5.69 Å². The van der Waals surface area contributed by atoms with Crippen LogP contribution >= 0.6 is 0 Å². The van der Waals surface area contributed by atoms with E-state index in [0.29, 0.717) is 11.3 Å². The van der Waals surface area contributed by atoms with Crippen molar-refractivity contribution < 1.29 is 4.79 Å². The summed E-state index contributed by atoms with van der Waals surface area (Å²) in [7, 11) is 1.63. The highest BCUT2D eigenvalue weighted by atomic mass is 16.2. The first-order valence-corrected chi connectivity index (χ1v) is 6.56. The second-order valence-electron chi connectivity index (χ2n) is 4.71. The molecule has 0 radical (unpaired) electrons. The van der Waals surface area contributed by atoms with Crippen molar-refractivity contribution >= 4 is 11.6 Å². The minimum absolute atomic E-state index is 0.228. The minimum Gasteiger partial charge on any atom is -0.322 e. The van der Waals surface area contributed by atoms with Crippen LogP contribution in [-0.2, 0) is 7.05 Å². The monoisotopic (exact) mass is 295 g/mol. The van der Waals surface area contributed by atoms with Gasteiger partial charge in [0.15, 0.2) is 0 Å². The third-order valence-corrected chi connectivity index (χ3v) is 3.17.